The van der Waals surface area contributed by atoms with Crippen LogP contribution in [0.5, 0.6) is 0 Å². The molecule has 0 atom stereocenters. The van der Waals surface area contributed by atoms with E-state index in [1.807, 2.05) is 45.6 Å². The Hall–Kier alpha value is -2.37. The van der Waals surface area contributed by atoms with E-state index in [-0.39, 0.29) is 11.5 Å². The molecule has 2 heterocycles. The number of hydrogen-bond donors (Lipinski definition) is 0. The molecule has 0 radical (unpaired) electrons. The molecule has 2 aromatic rings. The van der Waals surface area contributed by atoms with Gasteiger partial charge in [-0.25, -0.2) is 4.98 Å². The summed E-state index contributed by atoms with van der Waals surface area (Å²) in [6.45, 7) is 7.22. The van der Waals surface area contributed by atoms with Gasteiger partial charge in [0.1, 0.15) is 0 Å². The van der Waals surface area contributed by atoms with Gasteiger partial charge in [-0.1, -0.05) is 26.0 Å². The molecule has 3 rings (SSSR count). The van der Waals surface area contributed by atoms with Gasteiger partial charge in [-0.15, -0.1) is 0 Å². The molecule has 6 nitrogen and oxygen atoms in total. The van der Waals surface area contributed by atoms with Gasteiger partial charge in [0.15, 0.2) is 5.82 Å². The van der Waals surface area contributed by atoms with Crippen molar-refractivity contribution >= 4 is 22.8 Å². The molecular weight excluding hydrogens is 304 g/mol. The van der Waals surface area contributed by atoms with Crippen LogP contribution >= 0.6 is 0 Å². The van der Waals surface area contributed by atoms with Gasteiger partial charge in [-0.05, 0) is 18.6 Å². The summed E-state index contributed by atoms with van der Waals surface area (Å²) in [5, 5.41) is 0. The van der Waals surface area contributed by atoms with Crippen LogP contribution in [-0.2, 0) is 11.3 Å². The zero-order valence-electron chi connectivity index (χ0n) is 14.4. The second-order valence-corrected chi connectivity index (χ2v) is 6.10. The highest BCUT2D eigenvalue weighted by Gasteiger charge is 2.23. The lowest BCUT2D eigenvalue weighted by Gasteiger charge is -2.35. The molecule has 1 saturated heterocycles. The number of benzene rings is 1. The molecule has 1 amide bonds. The number of rotatable bonds is 4. The Labute approximate surface area is 141 Å². The monoisotopic (exact) mass is 328 g/mol. The fraction of sp³-hybridized carbons (Fsp3) is 0.500. The third-order valence-electron chi connectivity index (χ3n) is 4.52. The lowest BCUT2D eigenvalue weighted by atomic mass is 10.2. The Morgan fingerprint density at radius 3 is 2.50 bits per heavy atom. The van der Waals surface area contributed by atoms with E-state index in [4.69, 9.17) is 0 Å². The van der Waals surface area contributed by atoms with Crippen LogP contribution in [0.4, 0.5) is 5.82 Å². The van der Waals surface area contributed by atoms with E-state index in [2.05, 4.69) is 11.9 Å². The Morgan fingerprint density at radius 2 is 1.83 bits per heavy atom. The highest BCUT2D eigenvalue weighted by atomic mass is 16.2. The molecule has 0 spiro atoms. The number of anilines is 1. The molecule has 0 unspecified atom stereocenters. The molecule has 6 heteroatoms. The van der Waals surface area contributed by atoms with E-state index in [1.165, 1.54) is 0 Å². The molecule has 1 aromatic heterocycles. The number of hydrogen-bond acceptors (Lipinski definition) is 4. The van der Waals surface area contributed by atoms with E-state index in [0.717, 1.165) is 17.5 Å². The molecule has 128 valence electrons. The van der Waals surface area contributed by atoms with Crippen LogP contribution in [0.1, 0.15) is 26.7 Å². The van der Waals surface area contributed by atoms with Crippen molar-refractivity contribution in [2.75, 3.05) is 31.1 Å². The van der Waals surface area contributed by atoms with E-state index in [0.29, 0.717) is 45.0 Å². The summed E-state index contributed by atoms with van der Waals surface area (Å²) in [6, 6.07) is 7.77. The van der Waals surface area contributed by atoms with Gasteiger partial charge < -0.3 is 14.4 Å². The van der Waals surface area contributed by atoms with Gasteiger partial charge in [-0.2, -0.15) is 0 Å². The molecule has 0 saturated carbocycles. The van der Waals surface area contributed by atoms with E-state index >= 15 is 0 Å². The molecule has 1 aliphatic heterocycles. The van der Waals surface area contributed by atoms with Crippen LogP contribution in [0.25, 0.3) is 11.0 Å². The number of nitrogens with zero attached hydrogens (tertiary/aromatic N) is 4. The van der Waals surface area contributed by atoms with Gasteiger partial charge in [0, 0.05) is 39.1 Å². The first-order valence-corrected chi connectivity index (χ1v) is 8.68. The molecule has 1 fully saturated rings. The Balaban J connectivity index is 1.94. The third kappa shape index (κ3) is 3.00. The van der Waals surface area contributed by atoms with Crippen molar-refractivity contribution in [2.45, 2.75) is 33.2 Å². The molecular formula is C18H24N4O2. The average Bonchev–Trinajstić information content (AvgIpc) is 2.63. The van der Waals surface area contributed by atoms with Gasteiger partial charge >= 0.3 is 0 Å². The predicted molar refractivity (Wildman–Crippen MR) is 95.4 cm³/mol. The van der Waals surface area contributed by atoms with E-state index in [1.54, 1.807) is 0 Å². The number of amides is 1. The number of fused-ring (bicyclic) bond motifs is 1. The minimum Gasteiger partial charge on any atom is -0.348 e. The molecule has 0 N–H and O–H groups in total. The molecule has 1 aliphatic rings. The van der Waals surface area contributed by atoms with Gasteiger partial charge in [0.2, 0.25) is 5.91 Å². The summed E-state index contributed by atoms with van der Waals surface area (Å²) < 4.78 is 1.82. The number of carbonyl (C=O) groups is 1. The van der Waals surface area contributed by atoms with Crippen LogP contribution in [-0.4, -0.2) is 46.5 Å². The molecule has 24 heavy (non-hydrogen) atoms. The Kier molecular flexibility index (Phi) is 4.83. The van der Waals surface area contributed by atoms with Crippen LogP contribution in [0.3, 0.4) is 0 Å². The highest BCUT2D eigenvalue weighted by Crippen LogP contribution is 2.16. The fourth-order valence-electron chi connectivity index (χ4n) is 3.22. The Bertz CT molecular complexity index is 791. The first-order valence-electron chi connectivity index (χ1n) is 8.68. The largest absolute Gasteiger partial charge is 0.348 e. The SMILES string of the molecule is CCCn1c(=O)c(N2CCN(C(=O)CC)CC2)nc2ccccc21. The minimum atomic E-state index is -0.0363. The zero-order chi connectivity index (χ0) is 17.1. The second-order valence-electron chi connectivity index (χ2n) is 6.10. The van der Waals surface area contributed by atoms with Crippen molar-refractivity contribution in [3.63, 3.8) is 0 Å². The lowest BCUT2D eigenvalue weighted by Crippen LogP contribution is -2.50. The topological polar surface area (TPSA) is 58.4 Å². The molecule has 1 aromatic carbocycles. The number of aromatic nitrogens is 2. The number of piperazine rings is 1. The zero-order valence-corrected chi connectivity index (χ0v) is 14.4. The van der Waals surface area contributed by atoms with E-state index in [9.17, 15) is 9.59 Å². The number of para-hydroxylation sites is 2. The molecule has 0 aliphatic carbocycles. The first kappa shape index (κ1) is 16.5. The minimum absolute atomic E-state index is 0.0363. The van der Waals surface area contributed by atoms with Crippen molar-refractivity contribution in [3.8, 4) is 0 Å². The van der Waals surface area contributed by atoms with Gasteiger partial charge in [0.25, 0.3) is 5.56 Å². The van der Waals surface area contributed by atoms with Crippen LogP contribution < -0.4 is 10.5 Å². The number of carbonyl (C=O) groups excluding carboxylic acids is 1. The summed E-state index contributed by atoms with van der Waals surface area (Å²) >= 11 is 0. The van der Waals surface area contributed by atoms with Crippen molar-refractivity contribution in [2.24, 2.45) is 0 Å². The van der Waals surface area contributed by atoms with Crippen LogP contribution in [0.15, 0.2) is 29.1 Å². The Morgan fingerprint density at radius 1 is 1.12 bits per heavy atom. The summed E-state index contributed by atoms with van der Waals surface area (Å²) in [6.07, 6.45) is 1.42. The third-order valence-corrected chi connectivity index (χ3v) is 4.52. The maximum atomic E-state index is 12.9. The quantitative estimate of drug-likeness (QED) is 0.860. The fourth-order valence-corrected chi connectivity index (χ4v) is 3.22. The maximum absolute atomic E-state index is 12.9. The first-order chi connectivity index (χ1) is 11.7. The van der Waals surface area contributed by atoms with Crippen molar-refractivity contribution in [1.82, 2.24) is 14.5 Å². The highest BCUT2D eigenvalue weighted by molar-refractivity contribution is 5.77. The van der Waals surface area contributed by atoms with Crippen molar-refractivity contribution in [3.05, 3.63) is 34.6 Å². The number of aryl methyl sites for hydroxylation is 1. The average molecular weight is 328 g/mol. The molecule has 0 bridgehead atoms. The van der Waals surface area contributed by atoms with Crippen molar-refractivity contribution < 1.29 is 4.79 Å². The summed E-state index contributed by atoms with van der Waals surface area (Å²) in [4.78, 5) is 33.2. The summed E-state index contributed by atoms with van der Waals surface area (Å²) in [7, 11) is 0. The van der Waals surface area contributed by atoms with Crippen LogP contribution in [0.2, 0.25) is 0 Å². The second kappa shape index (κ2) is 7.03. The predicted octanol–water partition coefficient (Wildman–Crippen LogP) is 1.87. The standard InChI is InChI=1S/C18H24N4O2/c1-3-9-22-15-8-6-5-7-14(15)19-17(18(22)24)21-12-10-20(11-13-21)16(23)4-2/h5-8H,3-4,9-13H2,1-2H3. The van der Waals surface area contributed by atoms with Gasteiger partial charge in [-0.3, -0.25) is 9.59 Å². The smallest absolute Gasteiger partial charge is 0.294 e. The summed E-state index contributed by atoms with van der Waals surface area (Å²) in [5.41, 5.74) is 1.69. The van der Waals surface area contributed by atoms with Crippen LogP contribution in [0, 0.1) is 0 Å². The lowest BCUT2D eigenvalue weighted by molar-refractivity contribution is -0.131. The normalized spacial score (nSPS) is 15.1. The van der Waals surface area contributed by atoms with Gasteiger partial charge in [0.05, 0.1) is 11.0 Å². The van der Waals surface area contributed by atoms with E-state index < -0.39 is 0 Å². The van der Waals surface area contributed by atoms with Crippen molar-refractivity contribution in [1.29, 1.82) is 0 Å². The summed E-state index contributed by atoms with van der Waals surface area (Å²) in [5.74, 6) is 0.676. The maximum Gasteiger partial charge on any atom is 0.294 e.